The van der Waals surface area contributed by atoms with Gasteiger partial charge in [0.25, 0.3) is 5.91 Å². The largest absolute Gasteiger partial charge is 0.480 e. The minimum absolute atomic E-state index is 0.153. The number of H-pyrrole nitrogens is 1. The van der Waals surface area contributed by atoms with Gasteiger partial charge in [0, 0.05) is 37.6 Å². The fourth-order valence-corrected chi connectivity index (χ4v) is 2.56. The number of amides is 1. The fourth-order valence-electron chi connectivity index (χ4n) is 2.56. The maximum Gasteiger partial charge on any atom is 0.322 e. The van der Waals surface area contributed by atoms with Crippen LogP contribution in [-0.2, 0) is 4.79 Å². The average molecular weight is 300 g/mol. The molecule has 114 valence electrons. The van der Waals surface area contributed by atoms with E-state index in [9.17, 15) is 9.59 Å². The number of carboxylic acids is 1. The summed E-state index contributed by atoms with van der Waals surface area (Å²) in [6, 6.07) is 6.46. The van der Waals surface area contributed by atoms with Crippen LogP contribution >= 0.6 is 0 Å². The molecular weight excluding hydrogens is 284 g/mol. The molecular formula is C15H16N4O3. The van der Waals surface area contributed by atoms with E-state index in [-0.39, 0.29) is 12.5 Å². The minimum atomic E-state index is -0.947. The van der Waals surface area contributed by atoms with Crippen molar-refractivity contribution < 1.29 is 14.7 Å². The van der Waals surface area contributed by atoms with Crippen LogP contribution in [0.4, 0.5) is 0 Å². The van der Waals surface area contributed by atoms with E-state index in [1.807, 2.05) is 12.1 Å². The molecule has 7 nitrogen and oxygen atoms in total. The Balaban J connectivity index is 1.88. The van der Waals surface area contributed by atoms with E-state index in [4.69, 9.17) is 5.11 Å². The van der Waals surface area contributed by atoms with Gasteiger partial charge in [-0.15, -0.1) is 0 Å². The highest BCUT2D eigenvalue weighted by Gasteiger charge is 2.29. The van der Waals surface area contributed by atoms with Crippen LogP contribution in [0.2, 0.25) is 0 Å². The third kappa shape index (κ3) is 2.71. The highest BCUT2D eigenvalue weighted by atomic mass is 16.4. The lowest BCUT2D eigenvalue weighted by Gasteiger charge is -2.32. The second-order valence-electron chi connectivity index (χ2n) is 5.08. The van der Waals surface area contributed by atoms with E-state index >= 15 is 0 Å². The summed E-state index contributed by atoms with van der Waals surface area (Å²) in [5, 5.41) is 12.0. The summed E-state index contributed by atoms with van der Waals surface area (Å²) in [5.74, 6) is -0.509. The molecule has 0 saturated carbocycles. The number of carboxylic acid groups (broad SMARTS) is 1. The number of imidazole rings is 1. The Kier molecular flexibility index (Phi) is 3.88. The molecule has 3 N–H and O–H groups in total. The molecule has 0 spiro atoms. The smallest absolute Gasteiger partial charge is 0.322 e. The van der Waals surface area contributed by atoms with Crippen molar-refractivity contribution in [2.45, 2.75) is 6.04 Å². The number of rotatable bonds is 3. The number of carbonyl (C=O) groups excluding carboxylic acids is 1. The third-order valence-corrected chi connectivity index (χ3v) is 3.67. The molecule has 1 aliphatic rings. The number of aliphatic carboxylic acids is 1. The Labute approximate surface area is 127 Å². The maximum atomic E-state index is 12.7. The molecule has 2 aromatic rings. The number of piperazine rings is 1. The Morgan fingerprint density at radius 3 is 2.86 bits per heavy atom. The monoisotopic (exact) mass is 300 g/mol. The van der Waals surface area contributed by atoms with Crippen molar-refractivity contribution in [3.63, 3.8) is 0 Å². The van der Waals surface area contributed by atoms with Crippen molar-refractivity contribution in [1.82, 2.24) is 20.2 Å². The number of hydrogen-bond donors (Lipinski definition) is 3. The van der Waals surface area contributed by atoms with Gasteiger partial charge in [0.05, 0.1) is 5.56 Å². The Hall–Kier alpha value is -2.67. The van der Waals surface area contributed by atoms with Crippen LogP contribution in [0, 0.1) is 0 Å². The molecule has 7 heteroatoms. The molecule has 1 saturated heterocycles. The predicted octanol–water partition coefficient (Wildman–Crippen LogP) is 0.575. The van der Waals surface area contributed by atoms with Gasteiger partial charge in [-0.05, 0) is 6.07 Å². The van der Waals surface area contributed by atoms with Crippen molar-refractivity contribution in [3.05, 3.63) is 42.2 Å². The number of aromatic nitrogens is 2. The normalized spacial score (nSPS) is 18.2. The van der Waals surface area contributed by atoms with Gasteiger partial charge in [-0.1, -0.05) is 18.2 Å². The van der Waals surface area contributed by atoms with Crippen LogP contribution < -0.4 is 5.32 Å². The lowest BCUT2D eigenvalue weighted by atomic mass is 10.0. The van der Waals surface area contributed by atoms with Crippen LogP contribution in [-0.4, -0.2) is 57.5 Å². The van der Waals surface area contributed by atoms with E-state index < -0.39 is 12.0 Å². The highest BCUT2D eigenvalue weighted by molar-refractivity contribution is 6.00. The maximum absolute atomic E-state index is 12.7. The first-order chi connectivity index (χ1) is 10.7. The second-order valence-corrected chi connectivity index (χ2v) is 5.08. The van der Waals surface area contributed by atoms with Crippen LogP contribution in [0.3, 0.4) is 0 Å². The molecule has 1 unspecified atom stereocenters. The van der Waals surface area contributed by atoms with Crippen LogP contribution in [0.5, 0.6) is 0 Å². The first kappa shape index (κ1) is 14.3. The fraction of sp³-hybridized carbons (Fsp3) is 0.267. The van der Waals surface area contributed by atoms with Gasteiger partial charge < -0.3 is 20.3 Å². The average Bonchev–Trinajstić information content (AvgIpc) is 3.08. The zero-order valence-corrected chi connectivity index (χ0v) is 11.8. The first-order valence-electron chi connectivity index (χ1n) is 7.01. The van der Waals surface area contributed by atoms with Crippen molar-refractivity contribution in [1.29, 1.82) is 0 Å². The van der Waals surface area contributed by atoms with E-state index in [2.05, 4.69) is 15.3 Å². The summed E-state index contributed by atoms with van der Waals surface area (Å²) in [6.07, 6.45) is 3.32. The summed E-state index contributed by atoms with van der Waals surface area (Å²) in [6.45, 7) is 1.10. The number of hydrogen-bond acceptors (Lipinski definition) is 4. The van der Waals surface area contributed by atoms with Gasteiger partial charge in [-0.2, -0.15) is 0 Å². The molecule has 1 amide bonds. The van der Waals surface area contributed by atoms with Gasteiger partial charge in [0.1, 0.15) is 11.9 Å². The molecule has 2 heterocycles. The van der Waals surface area contributed by atoms with Gasteiger partial charge in [-0.25, -0.2) is 4.98 Å². The molecule has 0 radical (unpaired) electrons. The lowest BCUT2D eigenvalue weighted by molar-refractivity contribution is -0.140. The van der Waals surface area contributed by atoms with Gasteiger partial charge >= 0.3 is 5.97 Å². The van der Waals surface area contributed by atoms with Crippen molar-refractivity contribution in [3.8, 4) is 11.4 Å². The summed E-state index contributed by atoms with van der Waals surface area (Å²) in [4.78, 5) is 32.6. The Morgan fingerprint density at radius 2 is 2.14 bits per heavy atom. The number of carbonyl (C=O) groups is 2. The van der Waals surface area contributed by atoms with E-state index in [0.717, 1.165) is 0 Å². The SMILES string of the molecule is O=C(O)C1CN(C(=O)c2ccccc2-c2ncc[nH]2)CCN1. The summed E-state index contributed by atoms with van der Waals surface area (Å²) in [7, 11) is 0. The Bertz CT molecular complexity index is 684. The Morgan fingerprint density at radius 1 is 1.32 bits per heavy atom. The van der Waals surface area contributed by atoms with Gasteiger partial charge in [0.2, 0.25) is 0 Å². The summed E-state index contributed by atoms with van der Waals surface area (Å²) < 4.78 is 0. The standard InChI is InChI=1S/C15H16N4O3/c20-14(19-8-7-16-12(9-19)15(21)22)11-4-2-1-3-10(11)13-17-5-6-18-13/h1-6,12,16H,7-9H2,(H,17,18)(H,21,22). The summed E-state index contributed by atoms with van der Waals surface area (Å²) >= 11 is 0. The van der Waals surface area contributed by atoms with E-state index in [1.165, 1.54) is 0 Å². The predicted molar refractivity (Wildman–Crippen MR) is 79.4 cm³/mol. The first-order valence-corrected chi connectivity index (χ1v) is 7.01. The molecule has 1 aliphatic heterocycles. The topological polar surface area (TPSA) is 98.3 Å². The molecule has 0 bridgehead atoms. The molecule has 1 aromatic carbocycles. The molecule has 22 heavy (non-hydrogen) atoms. The molecule has 1 atom stereocenters. The third-order valence-electron chi connectivity index (χ3n) is 3.67. The van der Waals surface area contributed by atoms with E-state index in [0.29, 0.717) is 30.0 Å². The van der Waals surface area contributed by atoms with Crippen LogP contribution in [0.15, 0.2) is 36.7 Å². The second kappa shape index (κ2) is 5.98. The van der Waals surface area contributed by atoms with E-state index in [1.54, 1.807) is 29.4 Å². The molecule has 1 fully saturated rings. The number of benzene rings is 1. The quantitative estimate of drug-likeness (QED) is 0.770. The van der Waals surface area contributed by atoms with Crippen LogP contribution in [0.25, 0.3) is 11.4 Å². The zero-order valence-electron chi connectivity index (χ0n) is 11.8. The number of nitrogens with zero attached hydrogens (tertiary/aromatic N) is 2. The molecule has 0 aliphatic carbocycles. The van der Waals surface area contributed by atoms with Crippen molar-refractivity contribution >= 4 is 11.9 Å². The van der Waals surface area contributed by atoms with Gasteiger partial charge in [-0.3, -0.25) is 9.59 Å². The zero-order chi connectivity index (χ0) is 15.5. The molecule has 3 rings (SSSR count). The highest BCUT2D eigenvalue weighted by Crippen LogP contribution is 2.21. The minimum Gasteiger partial charge on any atom is -0.480 e. The number of nitrogens with one attached hydrogen (secondary N) is 2. The van der Waals surface area contributed by atoms with Crippen molar-refractivity contribution in [2.24, 2.45) is 0 Å². The summed E-state index contributed by atoms with van der Waals surface area (Å²) in [5.41, 5.74) is 1.23. The molecule has 1 aromatic heterocycles. The number of aromatic amines is 1. The van der Waals surface area contributed by atoms with Crippen LogP contribution in [0.1, 0.15) is 10.4 Å². The lowest BCUT2D eigenvalue weighted by Crippen LogP contribution is -2.55. The van der Waals surface area contributed by atoms with Gasteiger partial charge in [0.15, 0.2) is 0 Å². The van der Waals surface area contributed by atoms with Crippen molar-refractivity contribution in [2.75, 3.05) is 19.6 Å².